The average Bonchev–Trinajstić information content (AvgIpc) is 2.50. The topological polar surface area (TPSA) is 30.8 Å². The van der Waals surface area contributed by atoms with E-state index in [1.165, 1.54) is 18.2 Å². The minimum absolute atomic E-state index is 0.0554. The predicted octanol–water partition coefficient (Wildman–Crippen LogP) is 4.70. The second-order valence-electron chi connectivity index (χ2n) is 4.76. The van der Waals surface area contributed by atoms with Gasteiger partial charge in [-0.05, 0) is 35.2 Å². The van der Waals surface area contributed by atoms with Crippen molar-refractivity contribution in [1.82, 2.24) is 0 Å². The first kappa shape index (κ1) is 16.9. The maximum absolute atomic E-state index is 12.2. The molecule has 0 saturated carbocycles. The molecule has 0 fully saturated rings. The van der Waals surface area contributed by atoms with Crippen molar-refractivity contribution >= 4 is 6.21 Å². The molecule has 2 aromatic carbocycles. The second kappa shape index (κ2) is 7.67. The van der Waals surface area contributed by atoms with E-state index in [-0.39, 0.29) is 12.4 Å². The number of ether oxygens (including phenoxy) is 1. The number of halogens is 3. The first-order valence-electron chi connectivity index (χ1n) is 7.06. The molecule has 0 atom stereocenters. The van der Waals surface area contributed by atoms with Crippen molar-refractivity contribution in [2.24, 2.45) is 5.16 Å². The Morgan fingerprint density at radius 2 is 1.87 bits per heavy atom. The SMILES string of the molecule is CCc1ccccc1C=NOCc1cccc(OC(F)(F)F)c1. The third-order valence-electron chi connectivity index (χ3n) is 3.07. The van der Waals surface area contributed by atoms with Crippen LogP contribution in [-0.2, 0) is 17.9 Å². The molecule has 2 rings (SSSR count). The molecule has 0 radical (unpaired) electrons. The highest BCUT2D eigenvalue weighted by Crippen LogP contribution is 2.23. The molecule has 0 unspecified atom stereocenters. The van der Waals surface area contributed by atoms with Gasteiger partial charge in [0.25, 0.3) is 0 Å². The summed E-state index contributed by atoms with van der Waals surface area (Å²) in [5, 5.41) is 3.86. The fourth-order valence-corrected chi connectivity index (χ4v) is 2.02. The van der Waals surface area contributed by atoms with E-state index in [0.29, 0.717) is 5.56 Å². The van der Waals surface area contributed by atoms with Crippen LogP contribution in [0.1, 0.15) is 23.6 Å². The van der Waals surface area contributed by atoms with Gasteiger partial charge in [0.15, 0.2) is 0 Å². The van der Waals surface area contributed by atoms with E-state index in [2.05, 4.69) is 9.89 Å². The molecule has 0 N–H and O–H groups in total. The number of benzene rings is 2. The molecule has 0 aliphatic heterocycles. The molecule has 0 bridgehead atoms. The fraction of sp³-hybridized carbons (Fsp3) is 0.235. The lowest BCUT2D eigenvalue weighted by molar-refractivity contribution is -0.274. The van der Waals surface area contributed by atoms with E-state index in [1.54, 1.807) is 12.3 Å². The van der Waals surface area contributed by atoms with Crippen LogP contribution in [0.2, 0.25) is 0 Å². The second-order valence-corrected chi connectivity index (χ2v) is 4.76. The predicted molar refractivity (Wildman–Crippen MR) is 81.3 cm³/mol. The van der Waals surface area contributed by atoms with Crippen molar-refractivity contribution in [2.75, 3.05) is 0 Å². The first-order chi connectivity index (χ1) is 11.0. The molecule has 0 aliphatic carbocycles. The largest absolute Gasteiger partial charge is 0.573 e. The summed E-state index contributed by atoms with van der Waals surface area (Å²) in [5.74, 6) is -0.279. The summed E-state index contributed by atoms with van der Waals surface area (Å²) < 4.78 is 40.3. The fourth-order valence-electron chi connectivity index (χ4n) is 2.02. The molecule has 122 valence electrons. The van der Waals surface area contributed by atoms with Gasteiger partial charge in [0.05, 0.1) is 6.21 Å². The van der Waals surface area contributed by atoms with E-state index in [1.807, 2.05) is 31.2 Å². The van der Waals surface area contributed by atoms with Gasteiger partial charge in [-0.2, -0.15) is 0 Å². The number of rotatable bonds is 6. The molecule has 0 spiro atoms. The van der Waals surface area contributed by atoms with Gasteiger partial charge in [0, 0.05) is 0 Å². The van der Waals surface area contributed by atoms with Gasteiger partial charge in [-0.15, -0.1) is 13.2 Å². The van der Waals surface area contributed by atoms with Crippen LogP contribution in [0.3, 0.4) is 0 Å². The molecule has 0 saturated heterocycles. The Morgan fingerprint density at radius 1 is 1.09 bits per heavy atom. The summed E-state index contributed by atoms with van der Waals surface area (Å²) >= 11 is 0. The molecule has 0 amide bonds. The van der Waals surface area contributed by atoms with Crippen molar-refractivity contribution in [3.05, 3.63) is 65.2 Å². The van der Waals surface area contributed by atoms with Gasteiger partial charge in [0.2, 0.25) is 0 Å². The van der Waals surface area contributed by atoms with E-state index < -0.39 is 6.36 Å². The van der Waals surface area contributed by atoms with Crippen molar-refractivity contribution in [2.45, 2.75) is 26.3 Å². The standard InChI is InChI=1S/C17H16F3NO2/c1-2-14-7-3-4-8-15(14)11-21-22-12-13-6-5-9-16(10-13)23-17(18,19)20/h3-11H,2,12H2,1H3. The molecule has 6 heteroatoms. The normalized spacial score (nSPS) is 11.7. The average molecular weight is 323 g/mol. The summed E-state index contributed by atoms with van der Waals surface area (Å²) in [6.07, 6.45) is -2.24. The molecule has 0 aliphatic rings. The molecule has 23 heavy (non-hydrogen) atoms. The zero-order valence-corrected chi connectivity index (χ0v) is 12.5. The number of hydrogen-bond acceptors (Lipinski definition) is 3. The summed E-state index contributed by atoms with van der Waals surface area (Å²) in [5.41, 5.74) is 2.62. The van der Waals surface area contributed by atoms with Crippen LogP contribution in [0.25, 0.3) is 0 Å². The molecule has 3 nitrogen and oxygen atoms in total. The minimum Gasteiger partial charge on any atom is -0.406 e. The van der Waals surface area contributed by atoms with Crippen LogP contribution >= 0.6 is 0 Å². The van der Waals surface area contributed by atoms with Crippen LogP contribution in [-0.4, -0.2) is 12.6 Å². The quantitative estimate of drug-likeness (QED) is 0.570. The Hall–Kier alpha value is -2.50. The van der Waals surface area contributed by atoms with E-state index in [0.717, 1.165) is 17.5 Å². The molecular weight excluding hydrogens is 307 g/mol. The smallest absolute Gasteiger partial charge is 0.406 e. The molecule has 0 heterocycles. The van der Waals surface area contributed by atoms with Gasteiger partial charge >= 0.3 is 6.36 Å². The summed E-state index contributed by atoms with van der Waals surface area (Å²) in [6, 6.07) is 13.4. The number of aryl methyl sites for hydroxylation is 1. The Labute approximate surface area is 132 Å². The minimum atomic E-state index is -4.71. The Bertz CT molecular complexity index is 669. The maximum Gasteiger partial charge on any atom is 0.573 e. The lowest BCUT2D eigenvalue weighted by Gasteiger charge is -2.09. The van der Waals surface area contributed by atoms with E-state index in [9.17, 15) is 13.2 Å². The van der Waals surface area contributed by atoms with Crippen molar-refractivity contribution in [3.63, 3.8) is 0 Å². The third kappa shape index (κ3) is 5.65. The van der Waals surface area contributed by atoms with Crippen molar-refractivity contribution in [1.29, 1.82) is 0 Å². The zero-order valence-electron chi connectivity index (χ0n) is 12.5. The summed E-state index contributed by atoms with van der Waals surface area (Å²) in [4.78, 5) is 5.14. The third-order valence-corrected chi connectivity index (χ3v) is 3.07. The number of nitrogens with zero attached hydrogens (tertiary/aromatic N) is 1. The number of oxime groups is 1. The molecule has 2 aromatic rings. The summed E-state index contributed by atoms with van der Waals surface area (Å²) in [6.45, 7) is 2.10. The van der Waals surface area contributed by atoms with Crippen LogP contribution in [0.4, 0.5) is 13.2 Å². The van der Waals surface area contributed by atoms with Crippen molar-refractivity contribution < 1.29 is 22.7 Å². The van der Waals surface area contributed by atoms with Gasteiger partial charge < -0.3 is 9.57 Å². The van der Waals surface area contributed by atoms with E-state index >= 15 is 0 Å². The summed E-state index contributed by atoms with van der Waals surface area (Å²) in [7, 11) is 0. The highest BCUT2D eigenvalue weighted by molar-refractivity contribution is 5.81. The molecule has 0 aromatic heterocycles. The van der Waals surface area contributed by atoms with Crippen LogP contribution in [0, 0.1) is 0 Å². The lowest BCUT2D eigenvalue weighted by atomic mass is 10.1. The van der Waals surface area contributed by atoms with Gasteiger partial charge in [-0.25, -0.2) is 0 Å². The number of hydrogen-bond donors (Lipinski definition) is 0. The van der Waals surface area contributed by atoms with Crippen LogP contribution < -0.4 is 4.74 Å². The van der Waals surface area contributed by atoms with Gasteiger partial charge in [-0.3, -0.25) is 0 Å². The lowest BCUT2D eigenvalue weighted by Crippen LogP contribution is -2.17. The van der Waals surface area contributed by atoms with Crippen LogP contribution in [0.5, 0.6) is 5.75 Å². The Balaban J connectivity index is 1.93. The van der Waals surface area contributed by atoms with Gasteiger partial charge in [0.1, 0.15) is 12.4 Å². The van der Waals surface area contributed by atoms with Gasteiger partial charge in [-0.1, -0.05) is 48.5 Å². The van der Waals surface area contributed by atoms with Crippen LogP contribution in [0.15, 0.2) is 53.7 Å². The Morgan fingerprint density at radius 3 is 2.61 bits per heavy atom. The van der Waals surface area contributed by atoms with E-state index in [4.69, 9.17) is 4.84 Å². The Kier molecular flexibility index (Phi) is 5.62. The van der Waals surface area contributed by atoms with Crippen molar-refractivity contribution in [3.8, 4) is 5.75 Å². The maximum atomic E-state index is 12.2. The highest BCUT2D eigenvalue weighted by Gasteiger charge is 2.31. The monoisotopic (exact) mass is 323 g/mol. The number of alkyl halides is 3. The molecular formula is C17H16F3NO2. The zero-order chi connectivity index (χ0) is 16.7. The highest BCUT2D eigenvalue weighted by atomic mass is 19.4. The first-order valence-corrected chi connectivity index (χ1v) is 7.06.